The van der Waals surface area contributed by atoms with E-state index in [0.29, 0.717) is 34.5 Å². The van der Waals surface area contributed by atoms with Crippen molar-refractivity contribution in [1.29, 1.82) is 0 Å². The molecule has 2 heterocycles. The smallest absolute Gasteiger partial charge is 0.260 e. The van der Waals surface area contributed by atoms with Crippen molar-refractivity contribution >= 4 is 33.2 Å². The second kappa shape index (κ2) is 8.36. The average Bonchev–Trinajstić information content (AvgIpc) is 3.17. The number of H-pyrrole nitrogens is 1. The van der Waals surface area contributed by atoms with Crippen molar-refractivity contribution in [2.24, 2.45) is 0 Å². The fourth-order valence-electron chi connectivity index (χ4n) is 4.03. The Hall–Kier alpha value is -2.83. The summed E-state index contributed by atoms with van der Waals surface area (Å²) >= 11 is 8.17. The number of hydrogen-bond donors (Lipinski definition) is 1. The lowest BCUT2D eigenvalue weighted by Gasteiger charge is -2.14. The van der Waals surface area contributed by atoms with Crippen LogP contribution >= 0.6 is 22.9 Å². The molecule has 0 spiro atoms. The third-order valence-corrected chi connectivity index (χ3v) is 7.02. The van der Waals surface area contributed by atoms with Gasteiger partial charge in [0.2, 0.25) is 0 Å². The highest BCUT2D eigenvalue weighted by Crippen LogP contribution is 2.40. The van der Waals surface area contributed by atoms with Crippen LogP contribution in [0.3, 0.4) is 0 Å². The molecule has 0 radical (unpaired) electrons. The largest absolute Gasteiger partial charge is 0.493 e. The van der Waals surface area contributed by atoms with Crippen LogP contribution in [0.5, 0.6) is 11.5 Å². The van der Waals surface area contributed by atoms with Crippen molar-refractivity contribution in [3.05, 3.63) is 73.8 Å². The molecule has 0 fully saturated rings. The number of ether oxygens (including phenoxy) is 2. The van der Waals surface area contributed by atoms with Gasteiger partial charge in [0.1, 0.15) is 17.3 Å². The summed E-state index contributed by atoms with van der Waals surface area (Å²) in [5.41, 5.74) is 2.79. The number of aromatic amines is 1. The Balaban J connectivity index is 1.52. The molecule has 5 nitrogen and oxygen atoms in total. The van der Waals surface area contributed by atoms with Gasteiger partial charge in [-0.25, -0.2) is 4.98 Å². The first-order valence-corrected chi connectivity index (χ1v) is 11.4. The number of rotatable bonds is 5. The molecule has 1 N–H and O–H groups in total. The summed E-state index contributed by atoms with van der Waals surface area (Å²) in [5, 5.41) is 1.14. The summed E-state index contributed by atoms with van der Waals surface area (Å²) in [5.74, 6) is 1.43. The van der Waals surface area contributed by atoms with E-state index in [1.54, 1.807) is 30.6 Å². The molecule has 0 amide bonds. The molecule has 2 aromatic heterocycles. The second-order valence-corrected chi connectivity index (χ2v) is 9.06. The number of hydrogen-bond acceptors (Lipinski definition) is 5. The van der Waals surface area contributed by atoms with Crippen molar-refractivity contribution < 1.29 is 9.47 Å². The first-order chi connectivity index (χ1) is 15.1. The molecule has 4 aromatic rings. The van der Waals surface area contributed by atoms with Gasteiger partial charge in [0, 0.05) is 10.4 Å². The van der Waals surface area contributed by atoms with Gasteiger partial charge in [0.05, 0.1) is 17.5 Å². The van der Waals surface area contributed by atoms with Crippen molar-refractivity contribution in [3.8, 4) is 22.9 Å². The van der Waals surface area contributed by atoms with Crippen LogP contribution in [0.2, 0.25) is 5.02 Å². The van der Waals surface area contributed by atoms with Crippen molar-refractivity contribution in [1.82, 2.24) is 9.97 Å². The molecular formula is C24H21ClN2O3S. The monoisotopic (exact) mass is 452 g/mol. The first kappa shape index (κ1) is 20.1. The molecule has 0 bridgehead atoms. The van der Waals surface area contributed by atoms with Gasteiger partial charge in [-0.05, 0) is 48.9 Å². The van der Waals surface area contributed by atoms with Gasteiger partial charge < -0.3 is 14.5 Å². The van der Waals surface area contributed by atoms with E-state index < -0.39 is 0 Å². The number of methoxy groups -OCH3 is 1. The topological polar surface area (TPSA) is 64.2 Å². The summed E-state index contributed by atoms with van der Waals surface area (Å²) in [4.78, 5) is 22.7. The number of fused-ring (bicyclic) bond motifs is 3. The maximum absolute atomic E-state index is 12.9. The van der Waals surface area contributed by atoms with E-state index >= 15 is 0 Å². The Morgan fingerprint density at radius 2 is 1.97 bits per heavy atom. The Bertz CT molecular complexity index is 1310. The van der Waals surface area contributed by atoms with Gasteiger partial charge in [-0.2, -0.15) is 0 Å². The van der Waals surface area contributed by atoms with Crippen LogP contribution in [-0.2, 0) is 19.4 Å². The van der Waals surface area contributed by atoms with Crippen LogP contribution in [0.25, 0.3) is 21.6 Å². The molecule has 158 valence electrons. The van der Waals surface area contributed by atoms with Crippen LogP contribution in [0.1, 0.15) is 28.8 Å². The summed E-state index contributed by atoms with van der Waals surface area (Å²) in [6.45, 7) is 0.373. The van der Waals surface area contributed by atoms with E-state index in [1.165, 1.54) is 16.9 Å². The van der Waals surface area contributed by atoms with E-state index in [9.17, 15) is 4.79 Å². The highest BCUT2D eigenvalue weighted by atomic mass is 35.5. The summed E-state index contributed by atoms with van der Waals surface area (Å²) in [6, 6.07) is 13.4. The number of nitrogens with one attached hydrogen (secondary N) is 1. The molecule has 31 heavy (non-hydrogen) atoms. The second-order valence-electron chi connectivity index (χ2n) is 7.57. The Labute approximate surface area is 188 Å². The molecule has 0 saturated carbocycles. The number of aromatic nitrogens is 2. The summed E-state index contributed by atoms with van der Waals surface area (Å²) in [7, 11) is 1.57. The van der Waals surface area contributed by atoms with Crippen molar-refractivity contribution in [3.63, 3.8) is 0 Å². The summed E-state index contributed by atoms with van der Waals surface area (Å²) in [6.07, 6.45) is 4.27. The zero-order valence-corrected chi connectivity index (χ0v) is 18.6. The average molecular weight is 453 g/mol. The van der Waals surface area contributed by atoms with E-state index in [4.69, 9.17) is 26.1 Å². The fraction of sp³-hybridized carbons (Fsp3) is 0.250. The van der Waals surface area contributed by atoms with Gasteiger partial charge in [-0.15, -0.1) is 11.3 Å². The Morgan fingerprint density at radius 1 is 1.16 bits per heavy atom. The minimum atomic E-state index is -0.0982. The molecule has 2 aromatic carbocycles. The van der Waals surface area contributed by atoms with E-state index in [-0.39, 0.29) is 5.56 Å². The normalized spacial score (nSPS) is 13.2. The standard InChI is InChI=1S/C24H21ClN2O3S/c1-29-18-12-15(11-17(25)21(18)30-13-14-7-3-2-4-8-14)22-26-23(28)20-16-9-5-6-10-19(16)31-24(20)27-22/h2-4,7-8,11-12H,5-6,9-10,13H2,1H3,(H,26,27,28). The van der Waals surface area contributed by atoms with Gasteiger partial charge >= 0.3 is 0 Å². The zero-order valence-electron chi connectivity index (χ0n) is 17.0. The van der Waals surface area contributed by atoms with Crippen LogP contribution in [0.4, 0.5) is 0 Å². The maximum Gasteiger partial charge on any atom is 0.260 e. The molecule has 0 aliphatic heterocycles. The molecule has 0 unspecified atom stereocenters. The summed E-state index contributed by atoms with van der Waals surface area (Å²) < 4.78 is 11.5. The highest BCUT2D eigenvalue weighted by Gasteiger charge is 2.21. The number of nitrogens with zero attached hydrogens (tertiary/aromatic N) is 1. The quantitative estimate of drug-likeness (QED) is 0.417. The zero-order chi connectivity index (χ0) is 21.4. The van der Waals surface area contributed by atoms with Gasteiger partial charge in [0.25, 0.3) is 5.56 Å². The molecular weight excluding hydrogens is 432 g/mol. The van der Waals surface area contributed by atoms with Crippen LogP contribution < -0.4 is 15.0 Å². The third kappa shape index (κ3) is 3.82. The van der Waals surface area contributed by atoms with E-state index in [1.807, 2.05) is 30.3 Å². The molecule has 1 aliphatic rings. The molecule has 5 rings (SSSR count). The third-order valence-electron chi connectivity index (χ3n) is 5.55. The predicted octanol–water partition coefficient (Wildman–Crippen LogP) is 5.77. The lowest BCUT2D eigenvalue weighted by atomic mass is 9.97. The SMILES string of the molecule is COc1cc(-c2nc3sc4c(c3c(=O)[nH]2)CCCC4)cc(Cl)c1OCc1ccccc1. The lowest BCUT2D eigenvalue weighted by molar-refractivity contribution is 0.285. The van der Waals surface area contributed by atoms with E-state index in [0.717, 1.165) is 35.0 Å². The van der Waals surface area contributed by atoms with Gasteiger partial charge in [-0.3, -0.25) is 4.79 Å². The van der Waals surface area contributed by atoms with Crippen LogP contribution in [0.15, 0.2) is 47.3 Å². The molecule has 0 saturated heterocycles. The number of benzene rings is 2. The number of aryl methyl sites for hydroxylation is 2. The van der Waals surface area contributed by atoms with Gasteiger partial charge in [0.15, 0.2) is 11.5 Å². The molecule has 1 aliphatic carbocycles. The minimum Gasteiger partial charge on any atom is -0.493 e. The van der Waals surface area contributed by atoms with Crippen molar-refractivity contribution in [2.45, 2.75) is 32.3 Å². The Kier molecular flexibility index (Phi) is 5.42. The fourth-order valence-corrected chi connectivity index (χ4v) is 5.55. The lowest BCUT2D eigenvalue weighted by Crippen LogP contribution is -2.11. The van der Waals surface area contributed by atoms with Crippen LogP contribution in [0, 0.1) is 0 Å². The van der Waals surface area contributed by atoms with Crippen LogP contribution in [-0.4, -0.2) is 17.1 Å². The molecule has 7 heteroatoms. The highest BCUT2D eigenvalue weighted by molar-refractivity contribution is 7.18. The van der Waals surface area contributed by atoms with E-state index in [2.05, 4.69) is 4.98 Å². The number of halogens is 1. The Morgan fingerprint density at radius 3 is 2.77 bits per heavy atom. The first-order valence-electron chi connectivity index (χ1n) is 10.2. The van der Waals surface area contributed by atoms with Crippen molar-refractivity contribution in [2.75, 3.05) is 7.11 Å². The molecule has 0 atom stereocenters. The minimum absolute atomic E-state index is 0.0982. The maximum atomic E-state index is 12.9. The predicted molar refractivity (Wildman–Crippen MR) is 125 cm³/mol. The number of thiophene rings is 1. The van der Waals surface area contributed by atoms with Gasteiger partial charge in [-0.1, -0.05) is 41.9 Å².